The van der Waals surface area contributed by atoms with Crippen molar-refractivity contribution in [1.29, 1.82) is 0 Å². The van der Waals surface area contributed by atoms with Gasteiger partial charge in [0.05, 0.1) is 28.9 Å². The number of benzene rings is 1. The average Bonchev–Trinajstić information content (AvgIpc) is 2.63. The van der Waals surface area contributed by atoms with Crippen LogP contribution in [0.15, 0.2) is 41.4 Å². The van der Waals surface area contributed by atoms with Crippen LogP contribution in [0.1, 0.15) is 0 Å². The van der Waals surface area contributed by atoms with Crippen molar-refractivity contribution in [3.05, 3.63) is 41.6 Å². The van der Waals surface area contributed by atoms with E-state index in [0.29, 0.717) is 11.4 Å². The summed E-state index contributed by atoms with van der Waals surface area (Å²) in [5.74, 6) is 1.26. The maximum absolute atomic E-state index is 12.5. The van der Waals surface area contributed by atoms with Crippen LogP contribution >= 0.6 is 11.6 Å². The molecule has 2 heterocycles. The lowest BCUT2D eigenvalue weighted by Gasteiger charge is -2.33. The minimum absolute atomic E-state index is 0.0615. The molecule has 0 unspecified atom stereocenters. The highest BCUT2D eigenvalue weighted by molar-refractivity contribution is 7.92. The van der Waals surface area contributed by atoms with Gasteiger partial charge in [-0.2, -0.15) is 0 Å². The van der Waals surface area contributed by atoms with Crippen LogP contribution in [-0.2, 0) is 10.0 Å². The van der Waals surface area contributed by atoms with Gasteiger partial charge in [-0.05, 0) is 37.4 Å². The second-order valence-corrected chi connectivity index (χ2v) is 8.19. The standard InChI is InChI=1S/C17H21ClN4O3S/c1-21-7-9-22(10-8-21)17-6-3-13(12-19-17)20-26(23,24)14-4-5-16(25-2)15(18)11-14/h3-6,11-12,20H,7-10H2,1-2H3. The van der Waals surface area contributed by atoms with Gasteiger partial charge in [0.15, 0.2) is 0 Å². The number of anilines is 2. The van der Waals surface area contributed by atoms with Gasteiger partial charge in [0.1, 0.15) is 11.6 Å². The van der Waals surface area contributed by atoms with Gasteiger partial charge in [0.25, 0.3) is 10.0 Å². The number of nitrogens with zero attached hydrogens (tertiary/aromatic N) is 3. The normalized spacial score (nSPS) is 15.7. The number of pyridine rings is 1. The number of aromatic nitrogens is 1. The highest BCUT2D eigenvalue weighted by atomic mass is 35.5. The maximum atomic E-state index is 12.5. The molecule has 0 atom stereocenters. The Morgan fingerprint density at radius 2 is 1.88 bits per heavy atom. The van der Waals surface area contributed by atoms with E-state index in [1.54, 1.807) is 6.07 Å². The number of ether oxygens (including phenoxy) is 1. The summed E-state index contributed by atoms with van der Waals surface area (Å²) < 4.78 is 32.6. The first-order chi connectivity index (χ1) is 12.4. The van der Waals surface area contributed by atoms with Crippen molar-refractivity contribution in [2.24, 2.45) is 0 Å². The molecule has 1 aromatic heterocycles. The van der Waals surface area contributed by atoms with Gasteiger partial charge >= 0.3 is 0 Å². The smallest absolute Gasteiger partial charge is 0.261 e. The molecule has 2 aromatic rings. The highest BCUT2D eigenvalue weighted by Gasteiger charge is 2.18. The predicted octanol–water partition coefficient (Wildman–Crippen LogP) is 2.30. The van der Waals surface area contributed by atoms with E-state index in [2.05, 4.69) is 26.6 Å². The number of likely N-dealkylation sites (N-methyl/N-ethyl adjacent to an activating group) is 1. The fraction of sp³-hybridized carbons (Fsp3) is 0.353. The minimum atomic E-state index is -3.76. The monoisotopic (exact) mass is 396 g/mol. The molecule has 9 heteroatoms. The third-order valence-corrected chi connectivity index (χ3v) is 5.94. The van der Waals surface area contributed by atoms with Crippen LogP contribution < -0.4 is 14.4 Å². The first-order valence-corrected chi connectivity index (χ1v) is 10.0. The van der Waals surface area contributed by atoms with E-state index >= 15 is 0 Å². The van der Waals surface area contributed by atoms with Crippen LogP contribution in [0.3, 0.4) is 0 Å². The molecular formula is C17H21ClN4O3S. The number of sulfonamides is 1. The van der Waals surface area contributed by atoms with Gasteiger partial charge < -0.3 is 14.5 Å². The van der Waals surface area contributed by atoms with Crippen LogP contribution in [-0.4, -0.2) is 58.6 Å². The number of halogens is 1. The summed E-state index contributed by atoms with van der Waals surface area (Å²) in [5.41, 5.74) is 0.398. The molecular weight excluding hydrogens is 376 g/mol. The lowest BCUT2D eigenvalue weighted by atomic mass is 10.3. The summed E-state index contributed by atoms with van der Waals surface area (Å²) in [5, 5.41) is 0.235. The molecule has 3 rings (SSSR count). The number of hydrogen-bond donors (Lipinski definition) is 1. The third-order valence-electron chi connectivity index (χ3n) is 4.26. The molecule has 1 aromatic carbocycles. The Morgan fingerprint density at radius 3 is 2.46 bits per heavy atom. The van der Waals surface area contributed by atoms with Crippen molar-refractivity contribution < 1.29 is 13.2 Å². The largest absolute Gasteiger partial charge is 0.495 e. The Bertz CT molecular complexity index is 866. The summed E-state index contributed by atoms with van der Waals surface area (Å²) in [7, 11) is -0.191. The van der Waals surface area contributed by atoms with Crippen molar-refractivity contribution in [2.45, 2.75) is 4.90 Å². The zero-order valence-corrected chi connectivity index (χ0v) is 16.2. The van der Waals surface area contributed by atoms with Crippen molar-refractivity contribution in [1.82, 2.24) is 9.88 Å². The van der Waals surface area contributed by atoms with Crippen LogP contribution in [0.25, 0.3) is 0 Å². The van der Waals surface area contributed by atoms with E-state index in [1.165, 1.54) is 31.5 Å². The van der Waals surface area contributed by atoms with Crippen molar-refractivity contribution in [2.75, 3.05) is 50.0 Å². The minimum Gasteiger partial charge on any atom is -0.495 e. The molecule has 26 heavy (non-hydrogen) atoms. The molecule has 1 fully saturated rings. The molecule has 0 amide bonds. The Labute approximate surface area is 158 Å². The van der Waals surface area contributed by atoms with Gasteiger partial charge in [-0.3, -0.25) is 4.72 Å². The summed E-state index contributed by atoms with van der Waals surface area (Å²) >= 11 is 6.02. The second kappa shape index (κ2) is 7.69. The zero-order chi connectivity index (χ0) is 18.7. The lowest BCUT2D eigenvalue weighted by Crippen LogP contribution is -2.44. The molecule has 0 spiro atoms. The maximum Gasteiger partial charge on any atom is 0.261 e. The fourth-order valence-corrected chi connectivity index (χ4v) is 4.09. The van der Waals surface area contributed by atoms with Crippen LogP contribution in [0, 0.1) is 0 Å². The van der Waals surface area contributed by atoms with E-state index in [-0.39, 0.29) is 9.92 Å². The second-order valence-electron chi connectivity index (χ2n) is 6.10. The quantitative estimate of drug-likeness (QED) is 0.835. The SMILES string of the molecule is COc1ccc(S(=O)(=O)Nc2ccc(N3CCN(C)CC3)nc2)cc1Cl. The fourth-order valence-electron chi connectivity index (χ4n) is 2.70. The average molecular weight is 397 g/mol. The Morgan fingerprint density at radius 1 is 1.15 bits per heavy atom. The van der Waals surface area contributed by atoms with E-state index in [0.717, 1.165) is 32.0 Å². The van der Waals surface area contributed by atoms with Gasteiger partial charge in [-0.25, -0.2) is 13.4 Å². The molecule has 140 valence electrons. The van der Waals surface area contributed by atoms with Gasteiger partial charge in [-0.15, -0.1) is 0 Å². The zero-order valence-electron chi connectivity index (χ0n) is 14.6. The summed E-state index contributed by atoms with van der Waals surface area (Å²) in [6.45, 7) is 3.76. The number of rotatable bonds is 5. The van der Waals surface area contributed by atoms with E-state index in [9.17, 15) is 8.42 Å². The molecule has 1 aliphatic rings. The number of nitrogens with one attached hydrogen (secondary N) is 1. The first-order valence-electron chi connectivity index (χ1n) is 8.15. The number of hydrogen-bond acceptors (Lipinski definition) is 6. The molecule has 1 N–H and O–H groups in total. The molecule has 0 radical (unpaired) electrons. The molecule has 0 saturated carbocycles. The molecule has 1 saturated heterocycles. The van der Waals surface area contributed by atoms with Crippen LogP contribution in [0.4, 0.5) is 11.5 Å². The molecule has 7 nitrogen and oxygen atoms in total. The Kier molecular flexibility index (Phi) is 5.55. The van der Waals surface area contributed by atoms with Crippen molar-refractivity contribution in [3.8, 4) is 5.75 Å². The third kappa shape index (κ3) is 4.20. The molecule has 0 aliphatic carbocycles. The number of piperazine rings is 1. The summed E-state index contributed by atoms with van der Waals surface area (Å²) in [6, 6.07) is 7.85. The van der Waals surface area contributed by atoms with E-state index in [4.69, 9.17) is 16.3 Å². The topological polar surface area (TPSA) is 74.8 Å². The first kappa shape index (κ1) is 18.8. The van der Waals surface area contributed by atoms with Gasteiger partial charge in [0, 0.05) is 26.2 Å². The van der Waals surface area contributed by atoms with Gasteiger partial charge in [-0.1, -0.05) is 11.6 Å². The van der Waals surface area contributed by atoms with Crippen molar-refractivity contribution in [3.63, 3.8) is 0 Å². The summed E-state index contributed by atoms with van der Waals surface area (Å²) in [6.07, 6.45) is 1.52. The Balaban J connectivity index is 1.72. The highest BCUT2D eigenvalue weighted by Crippen LogP contribution is 2.28. The Hall–Kier alpha value is -2.03. The van der Waals surface area contributed by atoms with E-state index in [1.807, 2.05) is 6.07 Å². The molecule has 0 bridgehead atoms. The lowest BCUT2D eigenvalue weighted by molar-refractivity contribution is 0.312. The summed E-state index contributed by atoms with van der Waals surface area (Å²) in [4.78, 5) is 8.89. The van der Waals surface area contributed by atoms with Crippen LogP contribution in [0.2, 0.25) is 5.02 Å². The van der Waals surface area contributed by atoms with E-state index < -0.39 is 10.0 Å². The van der Waals surface area contributed by atoms with Crippen molar-refractivity contribution >= 4 is 33.1 Å². The molecule has 1 aliphatic heterocycles. The predicted molar refractivity (Wildman–Crippen MR) is 103 cm³/mol. The number of methoxy groups -OCH3 is 1. The van der Waals surface area contributed by atoms with Crippen LogP contribution in [0.5, 0.6) is 5.75 Å². The van der Waals surface area contributed by atoms with Gasteiger partial charge in [0.2, 0.25) is 0 Å².